The number of halogens is 1. The normalized spacial score (nSPS) is 20.5. The van der Waals surface area contributed by atoms with Gasteiger partial charge in [-0.15, -0.1) is 0 Å². The minimum absolute atomic E-state index is 0.258. The summed E-state index contributed by atoms with van der Waals surface area (Å²) < 4.78 is 10.8. The largest absolute Gasteiger partial charge is 0.468 e. The fourth-order valence-electron chi connectivity index (χ4n) is 5.27. The van der Waals surface area contributed by atoms with Gasteiger partial charge in [0.25, 0.3) is 0 Å². The van der Waals surface area contributed by atoms with Gasteiger partial charge in [-0.1, -0.05) is 41.9 Å². The Morgan fingerprint density at radius 2 is 1.76 bits per heavy atom. The molecule has 0 amide bonds. The maximum atomic E-state index is 13.4. The van der Waals surface area contributed by atoms with Crippen molar-refractivity contribution in [3.63, 3.8) is 0 Å². The van der Waals surface area contributed by atoms with Crippen molar-refractivity contribution in [2.45, 2.75) is 26.7 Å². The van der Waals surface area contributed by atoms with Crippen molar-refractivity contribution in [3.8, 4) is 0 Å². The van der Waals surface area contributed by atoms with E-state index >= 15 is 0 Å². The quantitative estimate of drug-likeness (QED) is 0.493. The summed E-state index contributed by atoms with van der Waals surface area (Å²) in [4.78, 5) is 35.4. The first-order chi connectivity index (χ1) is 17.8. The molecule has 1 fully saturated rings. The first-order valence-corrected chi connectivity index (χ1v) is 13.0. The lowest BCUT2D eigenvalue weighted by Crippen LogP contribution is -2.47. The molecule has 196 valence electrons. The molecule has 7 nitrogen and oxygen atoms in total. The lowest BCUT2D eigenvalue weighted by atomic mass is 9.75. The number of esters is 2. The van der Waals surface area contributed by atoms with Crippen molar-refractivity contribution in [2.24, 2.45) is 10.9 Å². The molecule has 2 aromatic rings. The summed E-state index contributed by atoms with van der Waals surface area (Å²) in [6.07, 6.45) is 0. The number of para-hydroxylation sites is 1. The molecule has 2 aliphatic rings. The molecule has 2 atom stereocenters. The van der Waals surface area contributed by atoms with Crippen molar-refractivity contribution in [1.82, 2.24) is 4.90 Å². The fraction of sp³-hybridized carbons (Fsp3) is 0.414. The van der Waals surface area contributed by atoms with Gasteiger partial charge in [-0.25, -0.2) is 4.79 Å². The van der Waals surface area contributed by atoms with E-state index in [0.717, 1.165) is 31.7 Å². The molecule has 2 aliphatic heterocycles. The van der Waals surface area contributed by atoms with Gasteiger partial charge in [-0.05, 0) is 50.1 Å². The van der Waals surface area contributed by atoms with E-state index in [1.165, 1.54) is 18.4 Å². The second-order valence-electron chi connectivity index (χ2n) is 9.54. The van der Waals surface area contributed by atoms with Crippen LogP contribution in [0.4, 0.5) is 5.69 Å². The highest BCUT2D eigenvalue weighted by Gasteiger charge is 2.42. The number of methoxy groups -OCH3 is 1. The van der Waals surface area contributed by atoms with Gasteiger partial charge >= 0.3 is 11.9 Å². The van der Waals surface area contributed by atoms with Gasteiger partial charge < -0.3 is 14.4 Å². The molecule has 0 saturated carbocycles. The number of aliphatic imine (C=N–C) groups is 1. The topological polar surface area (TPSA) is 71.4 Å². The zero-order valence-electron chi connectivity index (χ0n) is 21.9. The van der Waals surface area contributed by atoms with Crippen LogP contribution in [0.1, 0.15) is 30.9 Å². The number of aryl methyl sites for hydroxylation is 1. The van der Waals surface area contributed by atoms with Crippen LogP contribution in [0, 0.1) is 12.8 Å². The summed E-state index contributed by atoms with van der Waals surface area (Å²) in [6, 6.07) is 15.6. The number of piperazine rings is 1. The van der Waals surface area contributed by atoms with Gasteiger partial charge in [0.15, 0.2) is 0 Å². The summed E-state index contributed by atoms with van der Waals surface area (Å²) >= 11 is 6.27. The lowest BCUT2D eigenvalue weighted by molar-refractivity contribution is -0.144. The number of hydrogen-bond acceptors (Lipinski definition) is 7. The van der Waals surface area contributed by atoms with Crippen molar-refractivity contribution in [1.29, 1.82) is 0 Å². The van der Waals surface area contributed by atoms with Crippen LogP contribution >= 0.6 is 11.6 Å². The Labute approximate surface area is 223 Å². The van der Waals surface area contributed by atoms with Crippen molar-refractivity contribution >= 4 is 34.9 Å². The van der Waals surface area contributed by atoms with E-state index in [4.69, 9.17) is 21.1 Å². The minimum Gasteiger partial charge on any atom is -0.468 e. The van der Waals surface area contributed by atoms with Crippen molar-refractivity contribution in [3.05, 3.63) is 76.0 Å². The van der Waals surface area contributed by atoms with Crippen molar-refractivity contribution < 1.29 is 19.1 Å². The molecule has 0 aromatic heterocycles. The van der Waals surface area contributed by atoms with Crippen LogP contribution in [-0.2, 0) is 19.1 Å². The van der Waals surface area contributed by atoms with E-state index in [-0.39, 0.29) is 6.61 Å². The number of anilines is 1. The maximum absolute atomic E-state index is 13.4. The molecular weight excluding hydrogens is 490 g/mol. The summed E-state index contributed by atoms with van der Waals surface area (Å²) in [5.74, 6) is -2.24. The Bertz CT molecular complexity index is 1220. The number of carbonyl (C=O) groups excluding carboxylic acids is 2. The SMILES string of the molecule is COC(=O)C1C(C)=NC(C)=C(C(=O)OCCN2CCN(c3ccccc3C)CC2)C1c1cccc(Cl)c1. The zero-order chi connectivity index (χ0) is 26.5. The predicted molar refractivity (Wildman–Crippen MR) is 146 cm³/mol. The van der Waals surface area contributed by atoms with Gasteiger partial charge in [0.1, 0.15) is 12.5 Å². The third-order valence-electron chi connectivity index (χ3n) is 7.18. The average molecular weight is 524 g/mol. The van der Waals surface area contributed by atoms with Crippen LogP contribution in [0.3, 0.4) is 0 Å². The third-order valence-corrected chi connectivity index (χ3v) is 7.42. The Kier molecular flexibility index (Phi) is 8.67. The zero-order valence-corrected chi connectivity index (χ0v) is 22.6. The van der Waals surface area contributed by atoms with Gasteiger partial charge in [-0.2, -0.15) is 0 Å². The second-order valence-corrected chi connectivity index (χ2v) is 9.97. The Hall–Kier alpha value is -3.16. The highest BCUT2D eigenvalue weighted by molar-refractivity contribution is 6.30. The van der Waals surface area contributed by atoms with Crippen molar-refractivity contribution in [2.75, 3.05) is 51.3 Å². The molecular formula is C29H34ClN3O4. The molecule has 4 rings (SSSR count). The lowest BCUT2D eigenvalue weighted by Gasteiger charge is -2.36. The predicted octanol–water partition coefficient (Wildman–Crippen LogP) is 4.64. The molecule has 37 heavy (non-hydrogen) atoms. The van der Waals surface area contributed by atoms with E-state index in [0.29, 0.717) is 28.5 Å². The number of nitrogens with zero attached hydrogens (tertiary/aromatic N) is 3. The number of benzene rings is 2. The number of carbonyl (C=O) groups is 2. The van der Waals surface area contributed by atoms with E-state index in [9.17, 15) is 9.59 Å². The van der Waals surface area contributed by atoms with Gasteiger partial charge in [0.2, 0.25) is 0 Å². The van der Waals surface area contributed by atoms with Gasteiger partial charge in [-0.3, -0.25) is 14.7 Å². The summed E-state index contributed by atoms with van der Waals surface area (Å²) in [5, 5.41) is 0.525. The Morgan fingerprint density at radius 3 is 2.43 bits per heavy atom. The molecule has 0 aliphatic carbocycles. The average Bonchev–Trinajstić information content (AvgIpc) is 2.88. The highest BCUT2D eigenvalue weighted by Crippen LogP contribution is 2.40. The molecule has 0 radical (unpaired) electrons. The molecule has 2 heterocycles. The molecule has 0 bridgehead atoms. The molecule has 0 N–H and O–H groups in total. The van der Waals surface area contributed by atoms with E-state index < -0.39 is 23.8 Å². The molecule has 8 heteroatoms. The summed E-state index contributed by atoms with van der Waals surface area (Å²) in [5.41, 5.74) is 4.80. The van der Waals surface area contributed by atoms with E-state index in [1.807, 2.05) is 12.1 Å². The summed E-state index contributed by atoms with van der Waals surface area (Å²) in [7, 11) is 1.34. The fourth-order valence-corrected chi connectivity index (χ4v) is 5.47. The highest BCUT2D eigenvalue weighted by atomic mass is 35.5. The van der Waals surface area contributed by atoms with Crippen LogP contribution in [0.2, 0.25) is 5.02 Å². The second kappa shape index (κ2) is 11.9. The molecule has 1 saturated heterocycles. The van der Waals surface area contributed by atoms with Crippen LogP contribution in [0.5, 0.6) is 0 Å². The number of hydrogen-bond donors (Lipinski definition) is 0. The minimum atomic E-state index is -0.732. The third kappa shape index (κ3) is 6.05. The number of rotatable bonds is 7. The van der Waals surface area contributed by atoms with E-state index in [1.54, 1.807) is 26.0 Å². The molecule has 0 spiro atoms. The van der Waals surface area contributed by atoms with E-state index in [2.05, 4.69) is 46.0 Å². The molecule has 2 aromatic carbocycles. The van der Waals surface area contributed by atoms with Crippen LogP contribution in [0.15, 0.2) is 64.8 Å². The van der Waals surface area contributed by atoms with Crippen LogP contribution < -0.4 is 4.90 Å². The molecule has 2 unspecified atom stereocenters. The maximum Gasteiger partial charge on any atom is 0.336 e. The van der Waals surface area contributed by atoms with Crippen LogP contribution in [0.25, 0.3) is 0 Å². The number of allylic oxidation sites excluding steroid dienone is 1. The standard InChI is InChI=1S/C29H34ClN3O4/c1-19-8-5-6-11-24(19)33-14-12-32(13-15-33)16-17-37-29(35)26-21(3)31-20(2)25(28(34)36-4)27(26)22-9-7-10-23(30)18-22/h5-11,18,25,27H,12-17H2,1-4H3. The smallest absolute Gasteiger partial charge is 0.336 e. The monoisotopic (exact) mass is 523 g/mol. The number of ether oxygens (including phenoxy) is 2. The Morgan fingerprint density at radius 1 is 1.03 bits per heavy atom. The Balaban J connectivity index is 1.43. The first kappa shape index (κ1) is 26.9. The van der Waals surface area contributed by atoms with Gasteiger partial charge in [0.05, 0.1) is 12.7 Å². The first-order valence-electron chi connectivity index (χ1n) is 12.6. The summed E-state index contributed by atoms with van der Waals surface area (Å²) in [6.45, 7) is 10.2. The van der Waals surface area contributed by atoms with Gasteiger partial charge in [0, 0.05) is 60.8 Å². The van der Waals surface area contributed by atoms with Crippen LogP contribution in [-0.4, -0.2) is 69.0 Å².